The summed E-state index contributed by atoms with van der Waals surface area (Å²) < 4.78 is 21.8. The quantitative estimate of drug-likeness (QED) is 0.0741. The van der Waals surface area contributed by atoms with Crippen molar-refractivity contribution in [2.45, 2.75) is 71.1 Å². The second-order valence-electron chi connectivity index (χ2n) is 10.4. The maximum atomic E-state index is 12.7. The van der Waals surface area contributed by atoms with Crippen LogP contribution >= 0.6 is 0 Å². The molecule has 1 aliphatic carbocycles. The minimum Gasteiger partial charge on any atom is -0.494 e. The van der Waals surface area contributed by atoms with Gasteiger partial charge >= 0.3 is 17.9 Å². The van der Waals surface area contributed by atoms with Gasteiger partial charge in [-0.3, -0.25) is 14.4 Å². The van der Waals surface area contributed by atoms with Crippen molar-refractivity contribution in [2.75, 3.05) is 13.2 Å². The molecule has 2 aromatic rings. The summed E-state index contributed by atoms with van der Waals surface area (Å²) in [5.74, 6) is -0.186. The van der Waals surface area contributed by atoms with Crippen LogP contribution in [0.3, 0.4) is 0 Å². The summed E-state index contributed by atoms with van der Waals surface area (Å²) in [5.41, 5.74) is 1.26. The first-order valence-electron chi connectivity index (χ1n) is 14.4. The predicted octanol–water partition coefficient (Wildman–Crippen LogP) is 6.57. The van der Waals surface area contributed by atoms with Crippen LogP contribution in [0.2, 0.25) is 0 Å². The number of benzene rings is 2. The summed E-state index contributed by atoms with van der Waals surface area (Å²) in [6.45, 7) is 6.29. The number of aldehydes is 1. The van der Waals surface area contributed by atoms with Crippen LogP contribution in [0.4, 0.5) is 0 Å². The minimum atomic E-state index is -0.372. The van der Waals surface area contributed by atoms with Gasteiger partial charge in [-0.1, -0.05) is 43.9 Å². The third-order valence-electron chi connectivity index (χ3n) is 7.16. The molecule has 3 rings (SSSR count). The van der Waals surface area contributed by atoms with Gasteiger partial charge in [0, 0.05) is 6.08 Å². The van der Waals surface area contributed by atoms with Crippen molar-refractivity contribution < 1.29 is 38.1 Å². The molecule has 0 unspecified atom stereocenters. The van der Waals surface area contributed by atoms with Gasteiger partial charge in [0.2, 0.25) is 0 Å². The van der Waals surface area contributed by atoms with Crippen molar-refractivity contribution >= 4 is 24.2 Å². The lowest BCUT2D eigenvalue weighted by molar-refractivity contribution is -0.145. The van der Waals surface area contributed by atoms with Crippen LogP contribution in [0.5, 0.6) is 17.2 Å². The van der Waals surface area contributed by atoms with Crippen molar-refractivity contribution in [3.63, 3.8) is 0 Å². The van der Waals surface area contributed by atoms with Crippen molar-refractivity contribution in [3.8, 4) is 17.2 Å². The van der Waals surface area contributed by atoms with Crippen molar-refractivity contribution in [3.05, 3.63) is 66.2 Å². The highest BCUT2D eigenvalue weighted by molar-refractivity contribution is 5.83. The van der Waals surface area contributed by atoms with Crippen LogP contribution in [0, 0.1) is 18.8 Å². The maximum absolute atomic E-state index is 12.7. The Balaban J connectivity index is 1.29. The summed E-state index contributed by atoms with van der Waals surface area (Å²) in [6, 6.07) is 12.1. The lowest BCUT2D eigenvalue weighted by Gasteiger charge is -2.26. The molecule has 0 spiro atoms. The van der Waals surface area contributed by atoms with E-state index in [1.165, 1.54) is 6.08 Å². The SMILES string of the molecule is C=CC(=O)OCCCCCCCCOc1ccc(OC(=O)[C@H]2CC[C@H](C(=O)Oc3ccc(C)cc3C=O)CC2)cc1. The molecule has 8 nitrogen and oxygen atoms in total. The van der Waals surface area contributed by atoms with E-state index in [1.807, 2.05) is 6.92 Å². The van der Waals surface area contributed by atoms with Gasteiger partial charge in [-0.25, -0.2) is 4.79 Å². The molecule has 0 bridgehead atoms. The highest BCUT2D eigenvalue weighted by Crippen LogP contribution is 2.32. The summed E-state index contributed by atoms with van der Waals surface area (Å²) in [5, 5.41) is 0. The zero-order chi connectivity index (χ0) is 29.5. The number of ether oxygens (including phenoxy) is 4. The first-order valence-corrected chi connectivity index (χ1v) is 14.4. The largest absolute Gasteiger partial charge is 0.494 e. The highest BCUT2D eigenvalue weighted by Gasteiger charge is 2.32. The fourth-order valence-corrected chi connectivity index (χ4v) is 4.75. The lowest BCUT2D eigenvalue weighted by atomic mass is 9.82. The van der Waals surface area contributed by atoms with Crippen LogP contribution in [0.25, 0.3) is 0 Å². The third kappa shape index (κ3) is 10.9. The minimum absolute atomic E-state index is 0.266. The lowest BCUT2D eigenvalue weighted by Crippen LogP contribution is -2.30. The van der Waals surface area contributed by atoms with Gasteiger partial charge in [0.15, 0.2) is 6.29 Å². The number of unbranched alkanes of at least 4 members (excludes halogenated alkanes) is 5. The molecule has 0 aromatic heterocycles. The van der Waals surface area contributed by atoms with Crippen LogP contribution in [-0.2, 0) is 19.1 Å². The Kier molecular flexibility index (Phi) is 13.1. The van der Waals surface area contributed by atoms with Crippen LogP contribution in [0.15, 0.2) is 55.1 Å². The Morgan fingerprint density at radius 2 is 1.34 bits per heavy atom. The van der Waals surface area contributed by atoms with Gasteiger partial charge in [0.05, 0.1) is 30.6 Å². The van der Waals surface area contributed by atoms with Gasteiger partial charge in [0.25, 0.3) is 0 Å². The Bertz CT molecular complexity index is 1160. The number of rotatable bonds is 16. The smallest absolute Gasteiger partial charge is 0.330 e. The van der Waals surface area contributed by atoms with E-state index in [0.717, 1.165) is 49.8 Å². The molecule has 1 saturated carbocycles. The van der Waals surface area contributed by atoms with E-state index in [1.54, 1.807) is 42.5 Å². The number of carbonyl (C=O) groups is 4. The van der Waals surface area contributed by atoms with E-state index in [9.17, 15) is 19.2 Å². The zero-order valence-electron chi connectivity index (χ0n) is 23.8. The van der Waals surface area contributed by atoms with E-state index in [4.69, 9.17) is 18.9 Å². The van der Waals surface area contributed by atoms with Gasteiger partial charge in [-0.05, 0) is 81.8 Å². The average molecular weight is 565 g/mol. The molecule has 0 saturated heterocycles. The van der Waals surface area contributed by atoms with Crippen LogP contribution in [0.1, 0.15) is 80.1 Å². The number of carbonyl (C=O) groups excluding carboxylic acids is 4. The van der Waals surface area contributed by atoms with E-state index in [-0.39, 0.29) is 35.5 Å². The molecule has 1 aliphatic rings. The average Bonchev–Trinajstić information content (AvgIpc) is 2.99. The molecular formula is C33H40O8. The van der Waals surface area contributed by atoms with Gasteiger partial charge in [0.1, 0.15) is 17.2 Å². The number of esters is 3. The standard InChI is InChI=1S/C33H40O8/c1-3-31(35)39-21-9-7-5-4-6-8-20-38-28-15-17-29(18-16-28)40-32(36)25-11-13-26(14-12-25)33(37)41-30-19-10-24(2)22-27(30)23-34/h3,10,15-19,22-23,25-26H,1,4-9,11-14,20-21H2,2H3/t25-,26-. The highest BCUT2D eigenvalue weighted by atomic mass is 16.5. The Labute approximate surface area is 242 Å². The molecule has 0 heterocycles. The molecule has 8 heteroatoms. The van der Waals surface area contributed by atoms with Crippen LogP contribution < -0.4 is 14.2 Å². The molecule has 41 heavy (non-hydrogen) atoms. The summed E-state index contributed by atoms with van der Waals surface area (Å²) in [7, 11) is 0. The van der Waals surface area contributed by atoms with E-state index >= 15 is 0 Å². The second kappa shape index (κ2) is 17.0. The van der Waals surface area contributed by atoms with E-state index < -0.39 is 0 Å². The van der Waals surface area contributed by atoms with Crippen molar-refractivity contribution in [1.29, 1.82) is 0 Å². The normalized spacial score (nSPS) is 16.3. The molecule has 2 aromatic carbocycles. The molecule has 0 aliphatic heterocycles. The number of hydrogen-bond donors (Lipinski definition) is 0. The monoisotopic (exact) mass is 564 g/mol. The number of hydrogen-bond acceptors (Lipinski definition) is 8. The Morgan fingerprint density at radius 1 is 0.780 bits per heavy atom. The molecule has 1 fully saturated rings. The molecule has 0 atom stereocenters. The molecular weight excluding hydrogens is 524 g/mol. The topological polar surface area (TPSA) is 105 Å². The first kappa shape index (κ1) is 31.6. The molecule has 0 N–H and O–H groups in total. The number of aryl methyl sites for hydroxylation is 1. The van der Waals surface area contributed by atoms with Gasteiger partial charge in [-0.2, -0.15) is 0 Å². The predicted molar refractivity (Wildman–Crippen MR) is 154 cm³/mol. The van der Waals surface area contributed by atoms with Crippen molar-refractivity contribution in [2.24, 2.45) is 11.8 Å². The van der Waals surface area contributed by atoms with Gasteiger partial charge in [-0.15, -0.1) is 0 Å². The first-order chi connectivity index (χ1) is 19.9. The maximum Gasteiger partial charge on any atom is 0.330 e. The third-order valence-corrected chi connectivity index (χ3v) is 7.16. The molecule has 220 valence electrons. The summed E-state index contributed by atoms with van der Waals surface area (Å²) in [4.78, 5) is 47.6. The fraction of sp³-hybridized carbons (Fsp3) is 0.455. The molecule has 0 amide bonds. The molecule has 0 radical (unpaired) electrons. The van der Waals surface area contributed by atoms with E-state index in [2.05, 4.69) is 6.58 Å². The van der Waals surface area contributed by atoms with E-state index in [0.29, 0.717) is 56.5 Å². The Morgan fingerprint density at radius 3 is 1.95 bits per heavy atom. The van der Waals surface area contributed by atoms with Crippen molar-refractivity contribution in [1.82, 2.24) is 0 Å². The fourth-order valence-electron chi connectivity index (χ4n) is 4.75. The van der Waals surface area contributed by atoms with Gasteiger partial charge < -0.3 is 18.9 Å². The summed E-state index contributed by atoms with van der Waals surface area (Å²) in [6.07, 6.45) is 10.1. The van der Waals surface area contributed by atoms with Crippen LogP contribution in [-0.4, -0.2) is 37.4 Å². The Hall–Kier alpha value is -3.94. The second-order valence-corrected chi connectivity index (χ2v) is 10.4. The zero-order valence-corrected chi connectivity index (χ0v) is 23.8. The summed E-state index contributed by atoms with van der Waals surface area (Å²) >= 11 is 0.